The third kappa shape index (κ3) is 3.45. The summed E-state index contributed by atoms with van der Waals surface area (Å²) in [6.07, 6.45) is 4.15. The number of nitrogen functional groups attached to an aromatic ring is 1. The van der Waals surface area contributed by atoms with Crippen LogP contribution in [0.5, 0.6) is 0 Å². The van der Waals surface area contributed by atoms with Crippen molar-refractivity contribution in [3.05, 3.63) is 54.1 Å². The van der Waals surface area contributed by atoms with Gasteiger partial charge in [-0.25, -0.2) is 4.39 Å². The summed E-state index contributed by atoms with van der Waals surface area (Å²) in [5, 5.41) is 3.21. The molecule has 0 atom stereocenters. The average Bonchev–Trinajstić information content (AvgIpc) is 2.32. The van der Waals surface area contributed by atoms with Crippen LogP contribution in [0.1, 0.15) is 5.56 Å². The zero-order chi connectivity index (χ0) is 12.1. The van der Waals surface area contributed by atoms with E-state index in [1.54, 1.807) is 24.5 Å². The molecule has 0 bridgehead atoms. The molecule has 0 aliphatic carbocycles. The first-order valence-corrected chi connectivity index (χ1v) is 5.43. The normalized spacial score (nSPS) is 10.2. The molecular formula is C13H14FN3. The van der Waals surface area contributed by atoms with Gasteiger partial charge in [0.25, 0.3) is 0 Å². The van der Waals surface area contributed by atoms with Crippen molar-refractivity contribution in [2.45, 2.75) is 6.42 Å². The highest BCUT2D eigenvalue weighted by atomic mass is 19.1. The second-order valence-corrected chi connectivity index (χ2v) is 3.81. The van der Waals surface area contributed by atoms with E-state index in [2.05, 4.69) is 10.3 Å². The zero-order valence-corrected chi connectivity index (χ0v) is 9.36. The number of hydrogen-bond acceptors (Lipinski definition) is 3. The van der Waals surface area contributed by atoms with Crippen molar-refractivity contribution in [2.24, 2.45) is 0 Å². The van der Waals surface area contributed by atoms with Gasteiger partial charge in [0.2, 0.25) is 0 Å². The van der Waals surface area contributed by atoms with Crippen molar-refractivity contribution in [3.63, 3.8) is 0 Å². The number of anilines is 2. The van der Waals surface area contributed by atoms with E-state index in [4.69, 9.17) is 5.73 Å². The molecule has 0 saturated heterocycles. The minimum absolute atomic E-state index is 0.207. The van der Waals surface area contributed by atoms with Crippen molar-refractivity contribution < 1.29 is 4.39 Å². The van der Waals surface area contributed by atoms with Crippen LogP contribution in [0.4, 0.5) is 15.8 Å². The Morgan fingerprint density at radius 2 is 1.94 bits per heavy atom. The summed E-state index contributed by atoms with van der Waals surface area (Å²) >= 11 is 0. The van der Waals surface area contributed by atoms with Gasteiger partial charge in [-0.05, 0) is 30.2 Å². The molecule has 0 radical (unpaired) electrons. The molecular weight excluding hydrogens is 217 g/mol. The van der Waals surface area contributed by atoms with Crippen molar-refractivity contribution >= 4 is 11.4 Å². The van der Waals surface area contributed by atoms with Crippen LogP contribution in [-0.4, -0.2) is 11.5 Å². The molecule has 1 aromatic heterocycles. The van der Waals surface area contributed by atoms with Gasteiger partial charge in [-0.3, -0.25) is 4.98 Å². The van der Waals surface area contributed by atoms with Gasteiger partial charge < -0.3 is 11.1 Å². The number of nitrogens with one attached hydrogen (secondary N) is 1. The van der Waals surface area contributed by atoms with E-state index in [0.29, 0.717) is 5.69 Å². The molecule has 2 aromatic rings. The van der Waals surface area contributed by atoms with E-state index in [9.17, 15) is 4.39 Å². The van der Waals surface area contributed by atoms with E-state index in [1.165, 1.54) is 12.1 Å². The molecule has 1 aromatic carbocycles. The summed E-state index contributed by atoms with van der Waals surface area (Å²) in [7, 11) is 0. The molecule has 0 amide bonds. The first-order valence-electron chi connectivity index (χ1n) is 5.43. The number of benzene rings is 1. The maximum Gasteiger partial charge on any atom is 0.123 e. The number of nitrogens with two attached hydrogens (primary N) is 1. The van der Waals surface area contributed by atoms with Gasteiger partial charge in [0.15, 0.2) is 0 Å². The minimum Gasteiger partial charge on any atom is -0.397 e. The lowest BCUT2D eigenvalue weighted by Gasteiger charge is -2.06. The smallest absolute Gasteiger partial charge is 0.123 e. The fraction of sp³-hybridized carbons (Fsp3) is 0.154. The monoisotopic (exact) mass is 231 g/mol. The summed E-state index contributed by atoms with van der Waals surface area (Å²) in [5.41, 5.74) is 8.24. The SMILES string of the molecule is Nc1cncc(NCCc2ccc(F)cc2)c1. The quantitative estimate of drug-likeness (QED) is 0.849. The lowest BCUT2D eigenvalue weighted by atomic mass is 10.1. The van der Waals surface area contributed by atoms with Crippen molar-refractivity contribution in [3.8, 4) is 0 Å². The highest BCUT2D eigenvalue weighted by Crippen LogP contribution is 2.10. The van der Waals surface area contributed by atoms with Crippen molar-refractivity contribution in [1.29, 1.82) is 0 Å². The third-order valence-corrected chi connectivity index (χ3v) is 2.42. The van der Waals surface area contributed by atoms with Crippen LogP contribution in [-0.2, 0) is 6.42 Å². The third-order valence-electron chi connectivity index (χ3n) is 2.42. The summed E-state index contributed by atoms with van der Waals surface area (Å²) in [4.78, 5) is 3.98. The number of halogens is 1. The number of nitrogens with zero attached hydrogens (tertiary/aromatic N) is 1. The van der Waals surface area contributed by atoms with Gasteiger partial charge in [-0.15, -0.1) is 0 Å². The Morgan fingerprint density at radius 1 is 1.18 bits per heavy atom. The molecule has 88 valence electrons. The Hall–Kier alpha value is -2.10. The Balaban J connectivity index is 1.85. The first kappa shape index (κ1) is 11.4. The number of rotatable bonds is 4. The largest absolute Gasteiger partial charge is 0.397 e. The molecule has 0 aliphatic heterocycles. The fourth-order valence-corrected chi connectivity index (χ4v) is 1.56. The van der Waals surface area contributed by atoms with Gasteiger partial charge in [0.1, 0.15) is 5.82 Å². The number of aromatic nitrogens is 1. The molecule has 17 heavy (non-hydrogen) atoms. The molecule has 2 rings (SSSR count). The van der Waals surface area contributed by atoms with E-state index in [1.807, 2.05) is 6.07 Å². The highest BCUT2D eigenvalue weighted by molar-refractivity contribution is 5.51. The lowest BCUT2D eigenvalue weighted by molar-refractivity contribution is 0.627. The molecule has 3 N–H and O–H groups in total. The van der Waals surface area contributed by atoms with Crippen LogP contribution >= 0.6 is 0 Å². The molecule has 1 heterocycles. The number of pyridine rings is 1. The highest BCUT2D eigenvalue weighted by Gasteiger charge is 1.96. The molecule has 0 unspecified atom stereocenters. The number of hydrogen-bond donors (Lipinski definition) is 2. The van der Waals surface area contributed by atoms with Crippen LogP contribution in [0.25, 0.3) is 0 Å². The Morgan fingerprint density at radius 3 is 2.65 bits per heavy atom. The summed E-state index contributed by atoms with van der Waals surface area (Å²) in [6.45, 7) is 0.761. The Bertz CT molecular complexity index is 482. The maximum atomic E-state index is 12.7. The predicted molar refractivity (Wildman–Crippen MR) is 67.2 cm³/mol. The minimum atomic E-state index is -0.207. The second-order valence-electron chi connectivity index (χ2n) is 3.81. The van der Waals surface area contributed by atoms with Crippen LogP contribution in [0.3, 0.4) is 0 Å². The van der Waals surface area contributed by atoms with Gasteiger partial charge in [0.05, 0.1) is 17.6 Å². The lowest BCUT2D eigenvalue weighted by Crippen LogP contribution is -2.05. The van der Waals surface area contributed by atoms with E-state index in [-0.39, 0.29) is 5.82 Å². The topological polar surface area (TPSA) is 50.9 Å². The van der Waals surface area contributed by atoms with Gasteiger partial charge in [-0.1, -0.05) is 12.1 Å². The average molecular weight is 231 g/mol. The van der Waals surface area contributed by atoms with Crippen LogP contribution < -0.4 is 11.1 Å². The molecule has 0 aliphatic rings. The van der Waals surface area contributed by atoms with Crippen LogP contribution in [0.2, 0.25) is 0 Å². The van der Waals surface area contributed by atoms with Crippen LogP contribution in [0, 0.1) is 5.82 Å². The van der Waals surface area contributed by atoms with E-state index >= 15 is 0 Å². The first-order chi connectivity index (χ1) is 8.24. The summed E-state index contributed by atoms with van der Waals surface area (Å²) < 4.78 is 12.7. The molecule has 3 nitrogen and oxygen atoms in total. The Labute approximate surface area is 99.5 Å². The summed E-state index contributed by atoms with van der Waals surface area (Å²) in [6, 6.07) is 8.34. The zero-order valence-electron chi connectivity index (χ0n) is 9.36. The Kier molecular flexibility index (Phi) is 3.55. The molecule has 4 heteroatoms. The van der Waals surface area contributed by atoms with E-state index < -0.39 is 0 Å². The molecule has 0 saturated carbocycles. The maximum absolute atomic E-state index is 12.7. The van der Waals surface area contributed by atoms with Crippen molar-refractivity contribution in [1.82, 2.24) is 4.98 Å². The summed E-state index contributed by atoms with van der Waals surface area (Å²) in [5.74, 6) is -0.207. The van der Waals surface area contributed by atoms with Crippen molar-refractivity contribution in [2.75, 3.05) is 17.6 Å². The molecule has 0 fully saturated rings. The van der Waals surface area contributed by atoms with Gasteiger partial charge in [0, 0.05) is 12.7 Å². The van der Waals surface area contributed by atoms with Gasteiger partial charge >= 0.3 is 0 Å². The van der Waals surface area contributed by atoms with Gasteiger partial charge in [-0.2, -0.15) is 0 Å². The van der Waals surface area contributed by atoms with Crippen LogP contribution in [0.15, 0.2) is 42.7 Å². The molecule has 0 spiro atoms. The fourth-order valence-electron chi connectivity index (χ4n) is 1.56. The standard InChI is InChI=1S/C13H14FN3/c14-11-3-1-10(2-4-11)5-6-17-13-7-12(15)8-16-9-13/h1-4,7-9,17H,5-6,15H2. The predicted octanol–water partition coefficient (Wildman–Crippen LogP) is 2.46. The van der Waals surface area contributed by atoms with E-state index in [0.717, 1.165) is 24.2 Å². The second kappa shape index (κ2) is 5.30.